The molecule has 0 atom stereocenters. The lowest BCUT2D eigenvalue weighted by Gasteiger charge is -2.19. The molecule has 0 spiro atoms. The van der Waals surface area contributed by atoms with Gasteiger partial charge in [-0.25, -0.2) is 4.68 Å². The number of aryl methyl sites for hydroxylation is 1. The summed E-state index contributed by atoms with van der Waals surface area (Å²) < 4.78 is 1.89. The molecule has 0 saturated carbocycles. The fourth-order valence-electron chi connectivity index (χ4n) is 4.10. The molecule has 2 aromatic carbocycles. The van der Waals surface area contributed by atoms with E-state index in [1.54, 1.807) is 0 Å². The Hall–Kier alpha value is -2.63. The van der Waals surface area contributed by atoms with Gasteiger partial charge in [0.1, 0.15) is 0 Å². The number of fused-ring (bicyclic) bond motifs is 3. The lowest BCUT2D eigenvalue weighted by Crippen LogP contribution is -2.35. The van der Waals surface area contributed by atoms with E-state index in [1.165, 1.54) is 5.56 Å². The summed E-state index contributed by atoms with van der Waals surface area (Å²) in [6, 6.07) is 16.0. The number of hydrogen-bond donors (Lipinski definition) is 1. The van der Waals surface area contributed by atoms with Crippen LogP contribution in [0.3, 0.4) is 0 Å². The van der Waals surface area contributed by atoms with E-state index in [4.69, 9.17) is 16.7 Å². The SMILES string of the molecule is CCN(CC)CCNC(=O)c1nn(-c2ccc(Cl)cc2)c2c1CCc1ccccc1-2. The van der Waals surface area contributed by atoms with Crippen LogP contribution in [0.1, 0.15) is 35.5 Å². The second-order valence-corrected chi connectivity index (χ2v) is 7.94. The zero-order valence-electron chi connectivity index (χ0n) is 17.5. The second-order valence-electron chi connectivity index (χ2n) is 7.50. The highest BCUT2D eigenvalue weighted by molar-refractivity contribution is 6.30. The van der Waals surface area contributed by atoms with Crippen molar-refractivity contribution < 1.29 is 4.79 Å². The van der Waals surface area contributed by atoms with Gasteiger partial charge in [-0.3, -0.25) is 4.79 Å². The molecule has 0 saturated heterocycles. The fourth-order valence-corrected chi connectivity index (χ4v) is 4.22. The maximum atomic E-state index is 13.1. The average molecular weight is 423 g/mol. The van der Waals surface area contributed by atoms with Crippen LogP contribution in [0.25, 0.3) is 16.9 Å². The van der Waals surface area contributed by atoms with E-state index in [2.05, 4.69) is 42.3 Å². The molecule has 0 unspecified atom stereocenters. The molecular formula is C24H27ClN4O. The first-order valence-corrected chi connectivity index (χ1v) is 11.0. The number of amides is 1. The molecule has 3 aromatic rings. The van der Waals surface area contributed by atoms with Gasteiger partial charge in [0.25, 0.3) is 5.91 Å². The maximum absolute atomic E-state index is 13.1. The van der Waals surface area contributed by atoms with Crippen molar-refractivity contribution >= 4 is 17.5 Å². The topological polar surface area (TPSA) is 50.2 Å². The third kappa shape index (κ3) is 4.00. The number of carbonyl (C=O) groups excluding carboxylic acids is 1. The Morgan fingerprint density at radius 3 is 2.57 bits per heavy atom. The molecule has 1 N–H and O–H groups in total. The summed E-state index contributed by atoms with van der Waals surface area (Å²) in [5, 5.41) is 8.52. The third-order valence-electron chi connectivity index (χ3n) is 5.79. The van der Waals surface area contributed by atoms with Crippen molar-refractivity contribution in [3.63, 3.8) is 0 Å². The summed E-state index contributed by atoms with van der Waals surface area (Å²) in [7, 11) is 0. The summed E-state index contributed by atoms with van der Waals surface area (Å²) in [6.45, 7) is 7.66. The molecule has 0 bridgehead atoms. The normalized spacial score (nSPS) is 12.5. The minimum atomic E-state index is -0.106. The van der Waals surface area contributed by atoms with E-state index in [-0.39, 0.29) is 5.91 Å². The Morgan fingerprint density at radius 1 is 1.10 bits per heavy atom. The summed E-state index contributed by atoms with van der Waals surface area (Å²) in [6.07, 6.45) is 1.72. The highest BCUT2D eigenvalue weighted by atomic mass is 35.5. The van der Waals surface area contributed by atoms with Gasteiger partial charge in [0.15, 0.2) is 5.69 Å². The number of halogens is 1. The second kappa shape index (κ2) is 9.02. The Labute approximate surface area is 182 Å². The van der Waals surface area contributed by atoms with Crippen LogP contribution in [-0.4, -0.2) is 46.8 Å². The predicted molar refractivity (Wildman–Crippen MR) is 122 cm³/mol. The standard InChI is InChI=1S/C24H27ClN4O/c1-3-28(4-2)16-15-26-24(30)22-21-14-9-17-7-5-6-8-20(17)23(21)29(27-22)19-12-10-18(25)11-13-19/h5-8,10-13H,3-4,9,14-16H2,1-2H3,(H,26,30). The van der Waals surface area contributed by atoms with Crippen LogP contribution in [-0.2, 0) is 12.8 Å². The molecule has 0 aliphatic heterocycles. The Kier molecular flexibility index (Phi) is 6.21. The summed E-state index contributed by atoms with van der Waals surface area (Å²) in [4.78, 5) is 15.3. The van der Waals surface area contributed by atoms with E-state index in [0.717, 1.165) is 55.0 Å². The largest absolute Gasteiger partial charge is 0.349 e. The number of nitrogens with zero attached hydrogens (tertiary/aromatic N) is 3. The predicted octanol–water partition coefficient (Wildman–Crippen LogP) is 4.36. The van der Waals surface area contributed by atoms with Gasteiger partial charge in [-0.15, -0.1) is 0 Å². The van der Waals surface area contributed by atoms with Crippen molar-refractivity contribution in [1.29, 1.82) is 0 Å². The molecule has 1 heterocycles. The van der Waals surface area contributed by atoms with Crippen molar-refractivity contribution in [3.8, 4) is 16.9 Å². The van der Waals surface area contributed by atoms with Crippen molar-refractivity contribution in [2.45, 2.75) is 26.7 Å². The molecule has 1 aliphatic rings. The van der Waals surface area contributed by atoms with E-state index in [9.17, 15) is 4.79 Å². The first kappa shape index (κ1) is 20.6. The maximum Gasteiger partial charge on any atom is 0.272 e. The van der Waals surface area contributed by atoms with Gasteiger partial charge in [0.05, 0.1) is 11.4 Å². The average Bonchev–Trinajstić information content (AvgIpc) is 3.17. The highest BCUT2D eigenvalue weighted by Crippen LogP contribution is 2.37. The molecule has 0 radical (unpaired) electrons. The minimum absolute atomic E-state index is 0.106. The molecule has 4 rings (SSSR count). The van der Waals surface area contributed by atoms with E-state index >= 15 is 0 Å². The van der Waals surface area contributed by atoms with Crippen LogP contribution in [0.5, 0.6) is 0 Å². The van der Waals surface area contributed by atoms with Gasteiger partial charge in [-0.1, -0.05) is 49.7 Å². The van der Waals surface area contributed by atoms with Crippen LogP contribution >= 0.6 is 11.6 Å². The Balaban J connectivity index is 1.71. The highest BCUT2D eigenvalue weighted by Gasteiger charge is 2.28. The van der Waals surface area contributed by atoms with Crippen molar-refractivity contribution in [2.24, 2.45) is 0 Å². The zero-order valence-corrected chi connectivity index (χ0v) is 18.2. The molecule has 30 heavy (non-hydrogen) atoms. The molecule has 1 aromatic heterocycles. The summed E-state index contributed by atoms with van der Waals surface area (Å²) >= 11 is 6.09. The van der Waals surface area contributed by atoms with Crippen LogP contribution in [0, 0.1) is 0 Å². The minimum Gasteiger partial charge on any atom is -0.349 e. The number of hydrogen-bond acceptors (Lipinski definition) is 3. The molecule has 6 heteroatoms. The fraction of sp³-hybridized carbons (Fsp3) is 0.333. The van der Waals surface area contributed by atoms with Crippen LogP contribution in [0.15, 0.2) is 48.5 Å². The molecule has 1 aliphatic carbocycles. The lowest BCUT2D eigenvalue weighted by molar-refractivity contribution is 0.0942. The Morgan fingerprint density at radius 2 is 1.83 bits per heavy atom. The molecular weight excluding hydrogens is 396 g/mol. The first-order chi connectivity index (χ1) is 14.6. The van der Waals surface area contributed by atoms with Crippen LogP contribution < -0.4 is 5.32 Å². The summed E-state index contributed by atoms with van der Waals surface area (Å²) in [5.41, 5.74) is 5.87. The zero-order chi connectivity index (χ0) is 21.1. The third-order valence-corrected chi connectivity index (χ3v) is 6.05. The number of aromatic nitrogens is 2. The van der Waals surface area contributed by atoms with Crippen molar-refractivity contribution in [3.05, 3.63) is 70.4 Å². The van der Waals surface area contributed by atoms with E-state index in [0.29, 0.717) is 17.3 Å². The van der Waals surface area contributed by atoms with Crippen LogP contribution in [0.4, 0.5) is 0 Å². The molecule has 0 fully saturated rings. The summed E-state index contributed by atoms with van der Waals surface area (Å²) in [5.74, 6) is -0.106. The van der Waals surface area contributed by atoms with E-state index in [1.807, 2.05) is 35.0 Å². The van der Waals surface area contributed by atoms with Crippen molar-refractivity contribution in [1.82, 2.24) is 20.0 Å². The molecule has 156 valence electrons. The van der Waals surface area contributed by atoms with Gasteiger partial charge in [-0.05, 0) is 55.8 Å². The number of likely N-dealkylation sites (N-methyl/N-ethyl adjacent to an activating group) is 1. The molecule has 5 nitrogen and oxygen atoms in total. The van der Waals surface area contributed by atoms with Gasteiger partial charge < -0.3 is 10.2 Å². The number of benzene rings is 2. The number of rotatable bonds is 7. The smallest absolute Gasteiger partial charge is 0.272 e. The number of nitrogens with one attached hydrogen (secondary N) is 1. The van der Waals surface area contributed by atoms with Gasteiger partial charge >= 0.3 is 0 Å². The first-order valence-electron chi connectivity index (χ1n) is 10.6. The van der Waals surface area contributed by atoms with Gasteiger partial charge in [-0.2, -0.15) is 5.10 Å². The molecule has 1 amide bonds. The van der Waals surface area contributed by atoms with Gasteiger partial charge in [0, 0.05) is 29.2 Å². The van der Waals surface area contributed by atoms with Gasteiger partial charge in [0.2, 0.25) is 0 Å². The Bertz CT molecular complexity index is 1040. The number of carbonyl (C=O) groups is 1. The quantitative estimate of drug-likeness (QED) is 0.615. The van der Waals surface area contributed by atoms with Crippen molar-refractivity contribution in [2.75, 3.05) is 26.2 Å². The monoisotopic (exact) mass is 422 g/mol. The lowest BCUT2D eigenvalue weighted by atomic mass is 9.88. The van der Waals surface area contributed by atoms with E-state index < -0.39 is 0 Å². The van der Waals surface area contributed by atoms with Crippen LogP contribution in [0.2, 0.25) is 5.02 Å².